The van der Waals surface area contributed by atoms with E-state index in [9.17, 15) is 0 Å². The third kappa shape index (κ3) is 1.18. The molecule has 1 saturated heterocycles. The topological polar surface area (TPSA) is 24.1 Å². The lowest BCUT2D eigenvalue weighted by atomic mass is 9.75. The summed E-state index contributed by atoms with van der Waals surface area (Å²) in [6, 6.07) is 1.15. The molecule has 0 spiro atoms. The van der Waals surface area contributed by atoms with Crippen LogP contribution >= 0.6 is 0 Å². The lowest BCUT2D eigenvalue weighted by molar-refractivity contribution is 0.216. The van der Waals surface area contributed by atoms with Crippen LogP contribution in [0.15, 0.2) is 36.0 Å². The summed E-state index contributed by atoms with van der Waals surface area (Å²) < 4.78 is 0. The molecule has 2 aliphatic carbocycles. The van der Waals surface area contributed by atoms with Crippen molar-refractivity contribution in [2.45, 2.75) is 31.6 Å². The van der Waals surface area contributed by atoms with E-state index >= 15 is 0 Å². The second-order valence-electron chi connectivity index (χ2n) is 4.40. The Kier molecular flexibility index (Phi) is 1.85. The zero-order chi connectivity index (χ0) is 9.54. The summed E-state index contributed by atoms with van der Waals surface area (Å²) in [5.41, 5.74) is 1.47. The van der Waals surface area contributed by atoms with Gasteiger partial charge in [-0.05, 0) is 18.9 Å². The predicted octanol–water partition coefficient (Wildman–Crippen LogP) is 1.33. The van der Waals surface area contributed by atoms with E-state index in [-0.39, 0.29) is 0 Å². The third-order valence-electron chi connectivity index (χ3n) is 3.42. The molecule has 0 saturated carbocycles. The van der Waals surface area contributed by atoms with Crippen LogP contribution in [-0.2, 0) is 0 Å². The molecule has 74 valence electrons. The van der Waals surface area contributed by atoms with Crippen molar-refractivity contribution in [2.24, 2.45) is 5.92 Å². The van der Waals surface area contributed by atoms with Gasteiger partial charge in [-0.25, -0.2) is 0 Å². The molecule has 4 unspecified atom stereocenters. The summed E-state index contributed by atoms with van der Waals surface area (Å²) in [5.74, 6) is 0.640. The first-order valence-electron chi connectivity index (χ1n) is 5.41. The van der Waals surface area contributed by atoms with Crippen molar-refractivity contribution in [3.05, 3.63) is 36.0 Å². The maximum Gasteiger partial charge on any atom is 0.0549 e. The second kappa shape index (κ2) is 3.07. The van der Waals surface area contributed by atoms with Crippen LogP contribution in [0.25, 0.3) is 0 Å². The number of rotatable bonds is 0. The zero-order valence-electron chi connectivity index (χ0n) is 8.40. The maximum absolute atomic E-state index is 3.61. The molecule has 2 heteroatoms. The summed E-state index contributed by atoms with van der Waals surface area (Å²) >= 11 is 0. The fraction of sp³-hybridized carbons (Fsp3) is 0.500. The Bertz CT molecular complexity index is 327. The van der Waals surface area contributed by atoms with Crippen LogP contribution < -0.4 is 10.6 Å². The van der Waals surface area contributed by atoms with Crippen LogP contribution in [0.4, 0.5) is 0 Å². The van der Waals surface area contributed by atoms with Crippen molar-refractivity contribution in [3.8, 4) is 0 Å². The highest BCUT2D eigenvalue weighted by Crippen LogP contribution is 2.33. The summed E-state index contributed by atoms with van der Waals surface area (Å²) in [6.45, 7) is 2.19. The Hall–Kier alpha value is -0.860. The first-order valence-corrected chi connectivity index (χ1v) is 5.41. The van der Waals surface area contributed by atoms with E-state index in [0.717, 1.165) is 0 Å². The molecule has 0 aromatic rings. The average Bonchev–Trinajstić information content (AvgIpc) is 2.18. The van der Waals surface area contributed by atoms with Gasteiger partial charge < -0.3 is 0 Å². The van der Waals surface area contributed by atoms with Crippen molar-refractivity contribution in [1.29, 1.82) is 0 Å². The van der Waals surface area contributed by atoms with Gasteiger partial charge in [0.15, 0.2) is 0 Å². The van der Waals surface area contributed by atoms with Gasteiger partial charge >= 0.3 is 0 Å². The highest BCUT2D eigenvalue weighted by molar-refractivity contribution is 5.38. The van der Waals surface area contributed by atoms with Gasteiger partial charge in [-0.2, -0.15) is 0 Å². The lowest BCUT2D eigenvalue weighted by Gasteiger charge is -2.45. The Labute approximate surface area is 84.8 Å². The quantitative estimate of drug-likeness (QED) is 0.599. The van der Waals surface area contributed by atoms with Crippen molar-refractivity contribution >= 4 is 0 Å². The van der Waals surface area contributed by atoms with Gasteiger partial charge in [-0.1, -0.05) is 30.4 Å². The van der Waals surface area contributed by atoms with E-state index in [1.54, 1.807) is 0 Å². The molecule has 1 aliphatic heterocycles. The fourth-order valence-electron chi connectivity index (χ4n) is 2.86. The van der Waals surface area contributed by atoms with Gasteiger partial charge in [0, 0.05) is 18.0 Å². The highest BCUT2D eigenvalue weighted by Gasteiger charge is 2.37. The lowest BCUT2D eigenvalue weighted by Crippen LogP contribution is -2.62. The van der Waals surface area contributed by atoms with Gasteiger partial charge in [-0.3, -0.25) is 10.6 Å². The van der Waals surface area contributed by atoms with E-state index in [1.165, 1.54) is 12.0 Å². The van der Waals surface area contributed by atoms with Crippen LogP contribution in [0.2, 0.25) is 0 Å². The molecular weight excluding hydrogens is 172 g/mol. The third-order valence-corrected chi connectivity index (χ3v) is 3.42. The minimum atomic E-state index is 0.428. The minimum Gasteiger partial charge on any atom is -0.298 e. The molecule has 3 rings (SSSR count). The first kappa shape index (κ1) is 8.45. The number of hydrogen-bond acceptors (Lipinski definition) is 2. The largest absolute Gasteiger partial charge is 0.298 e. The normalized spacial score (nSPS) is 44.5. The molecule has 0 aromatic carbocycles. The molecular formula is C12H16N2. The molecule has 4 atom stereocenters. The Morgan fingerprint density at radius 1 is 1.36 bits per heavy atom. The van der Waals surface area contributed by atoms with Gasteiger partial charge in [0.05, 0.1) is 6.17 Å². The van der Waals surface area contributed by atoms with E-state index in [0.29, 0.717) is 24.2 Å². The highest BCUT2D eigenvalue weighted by atomic mass is 15.2. The van der Waals surface area contributed by atoms with Crippen molar-refractivity contribution in [1.82, 2.24) is 10.6 Å². The van der Waals surface area contributed by atoms with Crippen molar-refractivity contribution < 1.29 is 0 Å². The fourth-order valence-corrected chi connectivity index (χ4v) is 2.86. The van der Waals surface area contributed by atoms with Gasteiger partial charge in [-0.15, -0.1) is 0 Å². The van der Waals surface area contributed by atoms with Crippen LogP contribution in [-0.4, -0.2) is 18.2 Å². The smallest absolute Gasteiger partial charge is 0.0549 e. The number of nitrogens with one attached hydrogen (secondary N) is 2. The molecule has 14 heavy (non-hydrogen) atoms. The van der Waals surface area contributed by atoms with E-state index < -0.39 is 0 Å². The Morgan fingerprint density at radius 3 is 3.21 bits per heavy atom. The van der Waals surface area contributed by atoms with Gasteiger partial charge in [0.2, 0.25) is 0 Å². The zero-order valence-corrected chi connectivity index (χ0v) is 8.40. The van der Waals surface area contributed by atoms with Gasteiger partial charge in [0.1, 0.15) is 0 Å². The summed E-state index contributed by atoms with van der Waals surface area (Å²) in [6.07, 6.45) is 12.9. The van der Waals surface area contributed by atoms with Crippen LogP contribution in [0.1, 0.15) is 13.3 Å². The summed E-state index contributed by atoms with van der Waals surface area (Å²) in [4.78, 5) is 0. The van der Waals surface area contributed by atoms with Crippen molar-refractivity contribution in [2.75, 3.05) is 0 Å². The van der Waals surface area contributed by atoms with Crippen molar-refractivity contribution in [3.63, 3.8) is 0 Å². The molecule has 0 radical (unpaired) electrons. The van der Waals surface area contributed by atoms with Gasteiger partial charge in [0.25, 0.3) is 0 Å². The standard InChI is InChI=1S/C12H16N2/c1-8-13-10-6-2-4-9-5-3-7-11(14-8)12(9)10/h2-6,8,10-14H,7H2,1H3. The summed E-state index contributed by atoms with van der Waals surface area (Å²) in [5, 5.41) is 7.18. The molecule has 0 amide bonds. The molecule has 0 bridgehead atoms. The minimum absolute atomic E-state index is 0.428. The monoisotopic (exact) mass is 188 g/mol. The van der Waals surface area contributed by atoms with E-state index in [2.05, 4.69) is 47.9 Å². The molecule has 3 aliphatic rings. The average molecular weight is 188 g/mol. The Balaban J connectivity index is 1.98. The van der Waals surface area contributed by atoms with Crippen LogP contribution in [0, 0.1) is 5.92 Å². The molecule has 2 N–H and O–H groups in total. The van der Waals surface area contributed by atoms with Crippen LogP contribution in [0.5, 0.6) is 0 Å². The van der Waals surface area contributed by atoms with Crippen LogP contribution in [0.3, 0.4) is 0 Å². The van der Waals surface area contributed by atoms with E-state index in [1.807, 2.05) is 0 Å². The molecule has 2 nitrogen and oxygen atoms in total. The second-order valence-corrected chi connectivity index (χ2v) is 4.40. The number of allylic oxidation sites excluding steroid dienone is 3. The maximum atomic E-state index is 3.61. The number of hydrogen-bond donors (Lipinski definition) is 2. The molecule has 1 heterocycles. The Morgan fingerprint density at radius 2 is 2.29 bits per heavy atom. The first-order chi connectivity index (χ1) is 6.84. The SMILES string of the molecule is CC1NC2C=CC=C3C=CCC(N1)C32. The molecule has 0 aromatic heterocycles. The van der Waals surface area contributed by atoms with E-state index in [4.69, 9.17) is 0 Å². The predicted molar refractivity (Wildman–Crippen MR) is 57.8 cm³/mol. The summed E-state index contributed by atoms with van der Waals surface area (Å²) in [7, 11) is 0. The molecule has 1 fully saturated rings.